The summed E-state index contributed by atoms with van der Waals surface area (Å²) in [5, 5.41) is 0. The first-order valence-corrected chi connectivity index (χ1v) is 9.99. The molecule has 0 N–H and O–H groups in total. The van der Waals surface area contributed by atoms with Gasteiger partial charge in [0.15, 0.2) is 0 Å². The number of hydrogen-bond donors (Lipinski definition) is 0. The van der Waals surface area contributed by atoms with Crippen molar-refractivity contribution in [2.24, 2.45) is 5.41 Å². The van der Waals surface area contributed by atoms with Crippen molar-refractivity contribution in [1.82, 2.24) is 14.8 Å². The SMILES string of the molecule is CSCC(=O)N1CCC[C@@]2(CC1)CCN(Cc1cccnc1)C2=O. The summed E-state index contributed by atoms with van der Waals surface area (Å²) < 4.78 is 0. The average molecular weight is 347 g/mol. The Morgan fingerprint density at radius 1 is 1.29 bits per heavy atom. The zero-order chi connectivity index (χ0) is 17.0. The second-order valence-electron chi connectivity index (χ2n) is 6.79. The van der Waals surface area contributed by atoms with Crippen molar-refractivity contribution in [3.8, 4) is 0 Å². The highest BCUT2D eigenvalue weighted by Crippen LogP contribution is 2.42. The summed E-state index contributed by atoms with van der Waals surface area (Å²) in [7, 11) is 0. The second-order valence-corrected chi connectivity index (χ2v) is 7.65. The Labute approximate surface area is 147 Å². The van der Waals surface area contributed by atoms with E-state index in [4.69, 9.17) is 0 Å². The molecule has 0 radical (unpaired) electrons. The highest BCUT2D eigenvalue weighted by Gasteiger charge is 2.47. The van der Waals surface area contributed by atoms with Gasteiger partial charge in [-0.15, -0.1) is 0 Å². The van der Waals surface area contributed by atoms with Crippen molar-refractivity contribution in [2.75, 3.05) is 31.6 Å². The second kappa shape index (κ2) is 7.55. The number of rotatable bonds is 4. The van der Waals surface area contributed by atoms with Crippen molar-refractivity contribution in [1.29, 1.82) is 0 Å². The lowest BCUT2D eigenvalue weighted by Gasteiger charge is -2.26. The molecule has 2 saturated heterocycles. The monoisotopic (exact) mass is 347 g/mol. The minimum atomic E-state index is -0.253. The predicted octanol–water partition coefficient (Wildman–Crippen LogP) is 2.18. The molecular formula is C18H25N3O2S. The lowest BCUT2D eigenvalue weighted by Crippen LogP contribution is -2.37. The van der Waals surface area contributed by atoms with E-state index in [1.54, 1.807) is 18.0 Å². The molecule has 0 saturated carbocycles. The number of amides is 2. The van der Waals surface area contributed by atoms with E-state index in [1.807, 2.05) is 34.4 Å². The minimum Gasteiger partial charge on any atom is -0.342 e. The molecule has 2 fully saturated rings. The van der Waals surface area contributed by atoms with E-state index < -0.39 is 0 Å². The van der Waals surface area contributed by atoms with Crippen LogP contribution in [0.4, 0.5) is 0 Å². The topological polar surface area (TPSA) is 53.5 Å². The maximum Gasteiger partial charge on any atom is 0.232 e. The molecule has 3 heterocycles. The van der Waals surface area contributed by atoms with Crippen molar-refractivity contribution < 1.29 is 9.59 Å². The van der Waals surface area contributed by atoms with Crippen LogP contribution in [0.3, 0.4) is 0 Å². The Bertz CT molecular complexity index is 595. The Morgan fingerprint density at radius 2 is 2.12 bits per heavy atom. The number of thioether (sulfide) groups is 1. The molecule has 2 aliphatic rings. The van der Waals surface area contributed by atoms with Gasteiger partial charge >= 0.3 is 0 Å². The van der Waals surface area contributed by atoms with E-state index in [-0.39, 0.29) is 17.2 Å². The lowest BCUT2D eigenvalue weighted by atomic mass is 9.79. The van der Waals surface area contributed by atoms with Crippen LogP contribution in [0.1, 0.15) is 31.2 Å². The van der Waals surface area contributed by atoms with E-state index in [1.165, 1.54) is 0 Å². The van der Waals surface area contributed by atoms with Gasteiger partial charge in [-0.3, -0.25) is 14.6 Å². The van der Waals surface area contributed by atoms with Crippen LogP contribution in [0.15, 0.2) is 24.5 Å². The van der Waals surface area contributed by atoms with E-state index in [2.05, 4.69) is 4.98 Å². The van der Waals surface area contributed by atoms with Crippen LogP contribution in [-0.4, -0.2) is 58.2 Å². The maximum atomic E-state index is 13.0. The molecule has 1 spiro atoms. The van der Waals surface area contributed by atoms with Gasteiger partial charge in [0, 0.05) is 38.6 Å². The van der Waals surface area contributed by atoms with Gasteiger partial charge in [0.05, 0.1) is 11.2 Å². The first kappa shape index (κ1) is 17.3. The largest absolute Gasteiger partial charge is 0.342 e. The third kappa shape index (κ3) is 3.58. The van der Waals surface area contributed by atoms with Crippen LogP contribution in [0.2, 0.25) is 0 Å². The summed E-state index contributed by atoms with van der Waals surface area (Å²) in [4.78, 5) is 33.2. The fourth-order valence-corrected chi connectivity index (χ4v) is 4.31. The Kier molecular flexibility index (Phi) is 5.43. The predicted molar refractivity (Wildman–Crippen MR) is 95.5 cm³/mol. The molecule has 1 aromatic rings. The molecule has 2 amide bonds. The number of nitrogens with zero attached hydrogens (tertiary/aromatic N) is 3. The van der Waals surface area contributed by atoms with Crippen LogP contribution in [-0.2, 0) is 16.1 Å². The van der Waals surface area contributed by atoms with Gasteiger partial charge in [-0.2, -0.15) is 11.8 Å². The van der Waals surface area contributed by atoms with Gasteiger partial charge in [-0.1, -0.05) is 6.07 Å². The highest BCUT2D eigenvalue weighted by atomic mass is 32.2. The molecule has 130 valence electrons. The Morgan fingerprint density at radius 3 is 2.88 bits per heavy atom. The minimum absolute atomic E-state index is 0.206. The van der Waals surface area contributed by atoms with Crippen LogP contribution < -0.4 is 0 Å². The van der Waals surface area contributed by atoms with Crippen LogP contribution in [0, 0.1) is 5.41 Å². The summed E-state index contributed by atoms with van der Waals surface area (Å²) in [6.45, 7) is 2.96. The van der Waals surface area contributed by atoms with Gasteiger partial charge in [0.1, 0.15) is 0 Å². The van der Waals surface area contributed by atoms with Gasteiger partial charge in [-0.25, -0.2) is 0 Å². The molecule has 2 aliphatic heterocycles. The number of hydrogen-bond acceptors (Lipinski definition) is 4. The van der Waals surface area contributed by atoms with Crippen molar-refractivity contribution in [2.45, 2.75) is 32.2 Å². The smallest absolute Gasteiger partial charge is 0.232 e. The zero-order valence-electron chi connectivity index (χ0n) is 14.2. The molecule has 3 rings (SSSR count). The molecule has 0 aliphatic carbocycles. The number of pyridine rings is 1. The van der Waals surface area contributed by atoms with Crippen molar-refractivity contribution in [3.05, 3.63) is 30.1 Å². The van der Waals surface area contributed by atoms with Gasteiger partial charge in [0.2, 0.25) is 11.8 Å². The first-order valence-electron chi connectivity index (χ1n) is 8.60. The fourth-order valence-electron chi connectivity index (χ4n) is 3.88. The standard InChI is InChI=1S/C18H25N3O2S/c1-24-14-16(22)20-9-3-5-18(6-10-20)7-11-21(17(18)23)13-15-4-2-8-19-12-15/h2,4,8,12H,3,5-7,9-11,13-14H2,1H3/t18-/m1/s1. The number of carbonyl (C=O) groups is 2. The third-order valence-corrected chi connectivity index (χ3v) is 5.80. The van der Waals surface area contributed by atoms with Crippen LogP contribution >= 0.6 is 11.8 Å². The summed E-state index contributed by atoms with van der Waals surface area (Å²) in [5.41, 5.74) is 0.824. The summed E-state index contributed by atoms with van der Waals surface area (Å²) >= 11 is 1.56. The molecule has 5 nitrogen and oxygen atoms in total. The maximum absolute atomic E-state index is 13.0. The Balaban J connectivity index is 1.64. The van der Waals surface area contributed by atoms with E-state index in [0.717, 1.165) is 44.3 Å². The lowest BCUT2D eigenvalue weighted by molar-refractivity contribution is -0.137. The molecule has 0 unspecified atom stereocenters. The summed E-state index contributed by atoms with van der Waals surface area (Å²) in [6.07, 6.45) is 9.07. The highest BCUT2D eigenvalue weighted by molar-refractivity contribution is 7.99. The van der Waals surface area contributed by atoms with Gasteiger partial charge in [-0.05, 0) is 43.6 Å². The molecular weight excluding hydrogens is 322 g/mol. The zero-order valence-corrected chi connectivity index (χ0v) is 15.1. The molecule has 1 atom stereocenters. The quantitative estimate of drug-likeness (QED) is 0.838. The number of carbonyl (C=O) groups excluding carboxylic acids is 2. The summed E-state index contributed by atoms with van der Waals surface area (Å²) in [6, 6.07) is 3.92. The molecule has 0 bridgehead atoms. The van der Waals surface area contributed by atoms with Gasteiger partial charge < -0.3 is 9.80 Å². The van der Waals surface area contributed by atoms with Gasteiger partial charge in [0.25, 0.3) is 0 Å². The molecule has 0 aromatic carbocycles. The van der Waals surface area contributed by atoms with Crippen LogP contribution in [0.5, 0.6) is 0 Å². The average Bonchev–Trinajstić information content (AvgIpc) is 2.77. The van der Waals surface area contributed by atoms with Crippen molar-refractivity contribution in [3.63, 3.8) is 0 Å². The molecule has 24 heavy (non-hydrogen) atoms. The number of aromatic nitrogens is 1. The van der Waals surface area contributed by atoms with E-state index >= 15 is 0 Å². The number of likely N-dealkylation sites (tertiary alicyclic amines) is 2. The summed E-state index contributed by atoms with van der Waals surface area (Å²) in [5.74, 6) is 1.01. The van der Waals surface area contributed by atoms with Crippen molar-refractivity contribution >= 4 is 23.6 Å². The van der Waals surface area contributed by atoms with E-state index in [0.29, 0.717) is 18.8 Å². The normalized spacial score (nSPS) is 24.5. The first-order chi connectivity index (χ1) is 11.6. The third-order valence-electron chi connectivity index (χ3n) is 5.26. The Hall–Kier alpha value is -1.56. The van der Waals surface area contributed by atoms with Crippen LogP contribution in [0.25, 0.3) is 0 Å². The molecule has 1 aromatic heterocycles. The molecule has 6 heteroatoms. The van der Waals surface area contributed by atoms with E-state index in [9.17, 15) is 9.59 Å². The fraction of sp³-hybridized carbons (Fsp3) is 0.611.